The van der Waals surface area contributed by atoms with E-state index in [1.165, 1.54) is 48.2 Å². The molecular formula is C19H19FN6O4S. The molecule has 0 saturated heterocycles. The van der Waals surface area contributed by atoms with E-state index < -0.39 is 21.7 Å². The number of nitrogens with zero attached hydrogens (tertiary/aromatic N) is 4. The fourth-order valence-corrected chi connectivity index (χ4v) is 4.42. The predicted octanol–water partition coefficient (Wildman–Crippen LogP) is 1.81. The number of amides is 1. The first kappa shape index (κ1) is 20.9. The summed E-state index contributed by atoms with van der Waals surface area (Å²) in [5.74, 6) is -0.765. The van der Waals surface area contributed by atoms with Crippen LogP contribution in [0.1, 0.15) is 29.0 Å². The Balaban J connectivity index is 1.63. The third-order valence-corrected chi connectivity index (χ3v) is 6.22. The number of aromatic nitrogens is 4. The number of sulfonamides is 1. The molecular weight excluding hydrogens is 427 g/mol. The average Bonchev–Trinajstić information content (AvgIpc) is 3.45. The van der Waals surface area contributed by atoms with E-state index in [-0.39, 0.29) is 27.9 Å². The summed E-state index contributed by atoms with van der Waals surface area (Å²) in [6, 6.07) is 7.90. The lowest BCUT2D eigenvalue weighted by molar-refractivity contribution is 0.102. The average molecular weight is 446 g/mol. The highest BCUT2D eigenvalue weighted by Gasteiger charge is 2.30. The molecule has 2 aromatic carbocycles. The number of nitrogens with one attached hydrogen (secondary N) is 2. The van der Waals surface area contributed by atoms with Gasteiger partial charge in [0.25, 0.3) is 5.91 Å². The van der Waals surface area contributed by atoms with Crippen molar-refractivity contribution < 1.29 is 22.3 Å². The Bertz CT molecular complexity index is 1260. The maximum absolute atomic E-state index is 14.3. The van der Waals surface area contributed by atoms with Crippen molar-refractivity contribution in [3.05, 3.63) is 53.6 Å². The van der Waals surface area contributed by atoms with E-state index in [2.05, 4.69) is 25.6 Å². The zero-order chi connectivity index (χ0) is 22.2. The number of halogens is 1. The molecule has 0 radical (unpaired) electrons. The SMILES string of the molecule is COc1ccc(C(=O)Nc2cc(-n3nnnc3C)ccc2F)cc1S(=O)(=O)NC1CC1. The molecule has 12 heteroatoms. The number of ether oxygens (including phenoxy) is 1. The van der Waals surface area contributed by atoms with Crippen molar-refractivity contribution >= 4 is 21.6 Å². The second-order valence-electron chi connectivity index (χ2n) is 7.02. The van der Waals surface area contributed by atoms with E-state index in [1.807, 2.05) is 0 Å². The number of tetrazole rings is 1. The van der Waals surface area contributed by atoms with Gasteiger partial charge in [0.1, 0.15) is 16.5 Å². The molecule has 4 rings (SSSR count). The number of hydrogen-bond donors (Lipinski definition) is 2. The lowest BCUT2D eigenvalue weighted by Crippen LogP contribution is -2.26. The summed E-state index contributed by atoms with van der Waals surface area (Å²) in [6.45, 7) is 1.68. The minimum absolute atomic E-state index is 0.0281. The molecule has 1 amide bonds. The van der Waals surface area contributed by atoms with Crippen LogP contribution in [0.2, 0.25) is 0 Å². The standard InChI is InChI=1S/C19H19FN6O4S/c1-11-22-24-25-26(11)14-6-7-15(20)16(10-14)21-19(27)12-3-8-17(30-2)18(9-12)31(28,29)23-13-4-5-13/h3,6-10,13,23H,4-5H2,1-2H3,(H,21,27). The topological polar surface area (TPSA) is 128 Å². The minimum atomic E-state index is -3.87. The molecule has 0 bridgehead atoms. The maximum Gasteiger partial charge on any atom is 0.255 e. The van der Waals surface area contributed by atoms with Gasteiger partial charge in [0, 0.05) is 11.6 Å². The summed E-state index contributed by atoms with van der Waals surface area (Å²) in [5, 5.41) is 13.6. The Morgan fingerprint density at radius 1 is 1.23 bits per heavy atom. The fourth-order valence-electron chi connectivity index (χ4n) is 2.92. The van der Waals surface area contributed by atoms with Gasteiger partial charge in [-0.3, -0.25) is 4.79 Å². The molecule has 1 aliphatic rings. The van der Waals surface area contributed by atoms with Crippen molar-refractivity contribution in [1.82, 2.24) is 24.9 Å². The van der Waals surface area contributed by atoms with Gasteiger partial charge < -0.3 is 10.1 Å². The van der Waals surface area contributed by atoms with Gasteiger partial charge >= 0.3 is 0 Å². The highest BCUT2D eigenvalue weighted by Crippen LogP contribution is 2.29. The summed E-state index contributed by atoms with van der Waals surface area (Å²) in [4.78, 5) is 12.6. The van der Waals surface area contributed by atoms with Crippen molar-refractivity contribution in [2.45, 2.75) is 30.7 Å². The first-order valence-electron chi connectivity index (χ1n) is 9.35. The zero-order valence-electron chi connectivity index (χ0n) is 16.7. The minimum Gasteiger partial charge on any atom is -0.495 e. The number of rotatable bonds is 7. The summed E-state index contributed by atoms with van der Waals surface area (Å²) in [5.41, 5.74) is 0.375. The van der Waals surface area contributed by atoms with E-state index in [9.17, 15) is 17.6 Å². The maximum atomic E-state index is 14.3. The Hall–Kier alpha value is -3.38. The monoisotopic (exact) mass is 446 g/mol. The lowest BCUT2D eigenvalue weighted by atomic mass is 10.2. The summed E-state index contributed by atoms with van der Waals surface area (Å²) in [7, 11) is -2.53. The summed E-state index contributed by atoms with van der Waals surface area (Å²) >= 11 is 0. The van der Waals surface area contributed by atoms with Crippen LogP contribution in [-0.2, 0) is 10.0 Å². The molecule has 1 aliphatic carbocycles. The third kappa shape index (κ3) is 4.39. The number of anilines is 1. The molecule has 3 aromatic rings. The van der Waals surface area contributed by atoms with Gasteiger partial charge in [0.05, 0.1) is 18.5 Å². The first-order chi connectivity index (χ1) is 14.8. The van der Waals surface area contributed by atoms with Crippen LogP contribution in [-0.4, -0.2) is 47.7 Å². The Kier molecular flexibility index (Phi) is 5.41. The van der Waals surface area contributed by atoms with Crippen LogP contribution in [0, 0.1) is 12.7 Å². The van der Waals surface area contributed by atoms with Gasteiger partial charge in [0.2, 0.25) is 10.0 Å². The lowest BCUT2D eigenvalue weighted by Gasteiger charge is -2.13. The van der Waals surface area contributed by atoms with Crippen LogP contribution < -0.4 is 14.8 Å². The number of carbonyl (C=O) groups excluding carboxylic acids is 1. The van der Waals surface area contributed by atoms with Crippen molar-refractivity contribution in [1.29, 1.82) is 0 Å². The Morgan fingerprint density at radius 3 is 2.65 bits per heavy atom. The number of benzene rings is 2. The van der Waals surface area contributed by atoms with Crippen LogP contribution in [0.3, 0.4) is 0 Å². The van der Waals surface area contributed by atoms with Crippen LogP contribution in [0.5, 0.6) is 5.75 Å². The normalized spacial score (nSPS) is 13.8. The fraction of sp³-hybridized carbons (Fsp3) is 0.263. The first-order valence-corrected chi connectivity index (χ1v) is 10.8. The molecule has 1 fully saturated rings. The number of methoxy groups -OCH3 is 1. The molecule has 10 nitrogen and oxygen atoms in total. The van der Waals surface area contributed by atoms with Crippen LogP contribution in [0.4, 0.5) is 10.1 Å². The predicted molar refractivity (Wildman–Crippen MR) is 108 cm³/mol. The van der Waals surface area contributed by atoms with Crippen LogP contribution >= 0.6 is 0 Å². The van der Waals surface area contributed by atoms with E-state index >= 15 is 0 Å². The van der Waals surface area contributed by atoms with Gasteiger partial charge in [0.15, 0.2) is 5.82 Å². The van der Waals surface area contributed by atoms with Crippen LogP contribution in [0.15, 0.2) is 41.3 Å². The molecule has 1 saturated carbocycles. The van der Waals surface area contributed by atoms with E-state index in [1.54, 1.807) is 6.92 Å². The second kappa shape index (κ2) is 8.04. The Labute approximate surface area is 177 Å². The number of carbonyl (C=O) groups is 1. The molecule has 0 atom stereocenters. The van der Waals surface area contributed by atoms with Crippen molar-refractivity contribution in [3.63, 3.8) is 0 Å². The van der Waals surface area contributed by atoms with E-state index in [0.717, 1.165) is 12.8 Å². The Morgan fingerprint density at radius 2 is 2.00 bits per heavy atom. The smallest absolute Gasteiger partial charge is 0.255 e. The summed E-state index contributed by atoms with van der Waals surface area (Å²) in [6.07, 6.45) is 1.52. The van der Waals surface area contributed by atoms with Crippen molar-refractivity contribution in [2.24, 2.45) is 0 Å². The third-order valence-electron chi connectivity index (χ3n) is 4.68. The van der Waals surface area contributed by atoms with E-state index in [4.69, 9.17) is 4.74 Å². The van der Waals surface area contributed by atoms with Gasteiger partial charge in [-0.15, -0.1) is 5.10 Å². The van der Waals surface area contributed by atoms with Crippen molar-refractivity contribution in [3.8, 4) is 11.4 Å². The highest BCUT2D eigenvalue weighted by molar-refractivity contribution is 7.89. The van der Waals surface area contributed by atoms with Crippen LogP contribution in [0.25, 0.3) is 5.69 Å². The molecule has 31 heavy (non-hydrogen) atoms. The number of aryl methyl sites for hydroxylation is 1. The van der Waals surface area contributed by atoms with E-state index in [0.29, 0.717) is 11.5 Å². The summed E-state index contributed by atoms with van der Waals surface area (Å²) < 4.78 is 48.7. The molecule has 0 unspecified atom stereocenters. The molecule has 0 spiro atoms. The quantitative estimate of drug-likeness (QED) is 0.566. The molecule has 162 valence electrons. The molecule has 0 aliphatic heterocycles. The van der Waals surface area contributed by atoms with Crippen molar-refractivity contribution in [2.75, 3.05) is 12.4 Å². The molecule has 1 aromatic heterocycles. The number of hydrogen-bond acceptors (Lipinski definition) is 7. The van der Waals surface area contributed by atoms with Gasteiger partial charge in [-0.1, -0.05) is 0 Å². The largest absolute Gasteiger partial charge is 0.495 e. The molecule has 1 heterocycles. The van der Waals surface area contributed by atoms with Gasteiger partial charge in [-0.25, -0.2) is 17.5 Å². The zero-order valence-corrected chi connectivity index (χ0v) is 17.5. The molecule has 2 N–H and O–H groups in total. The van der Waals surface area contributed by atoms with Gasteiger partial charge in [-0.05, 0) is 66.6 Å². The van der Waals surface area contributed by atoms with Gasteiger partial charge in [-0.2, -0.15) is 4.68 Å². The second-order valence-corrected chi connectivity index (χ2v) is 8.70. The highest BCUT2D eigenvalue weighted by atomic mass is 32.2.